The number of carbonyl (C=O) groups is 1. The first-order valence-corrected chi connectivity index (χ1v) is 8.21. The zero-order chi connectivity index (χ0) is 16.9. The van der Waals surface area contributed by atoms with Crippen molar-refractivity contribution in [1.29, 1.82) is 0 Å². The van der Waals surface area contributed by atoms with E-state index in [-0.39, 0.29) is 5.91 Å². The van der Waals surface area contributed by atoms with Gasteiger partial charge in [0.15, 0.2) is 0 Å². The first-order chi connectivity index (χ1) is 11.7. The first-order valence-electron chi connectivity index (χ1n) is 8.21. The van der Waals surface area contributed by atoms with E-state index in [1.807, 2.05) is 12.5 Å². The Balaban J connectivity index is 1.81. The SMILES string of the molecule is Cc1c(-n2ccnc2)n(CCCCCC(=O)NO)c2ccccc12. The third-order valence-corrected chi connectivity index (χ3v) is 4.35. The number of aromatic nitrogens is 3. The van der Waals surface area contributed by atoms with E-state index in [0.29, 0.717) is 6.42 Å². The maximum absolute atomic E-state index is 11.1. The number of hydrogen-bond donors (Lipinski definition) is 2. The number of fused-ring (bicyclic) bond motifs is 1. The van der Waals surface area contributed by atoms with Crippen LogP contribution in [0.15, 0.2) is 43.0 Å². The van der Waals surface area contributed by atoms with Gasteiger partial charge in [-0.15, -0.1) is 0 Å². The molecule has 0 aliphatic rings. The third-order valence-electron chi connectivity index (χ3n) is 4.35. The Kier molecular flexibility index (Phi) is 4.96. The Morgan fingerprint density at radius 2 is 2.08 bits per heavy atom. The molecule has 0 aliphatic carbocycles. The summed E-state index contributed by atoms with van der Waals surface area (Å²) in [5.41, 5.74) is 4.13. The van der Waals surface area contributed by atoms with Gasteiger partial charge in [0.05, 0.1) is 0 Å². The fourth-order valence-corrected chi connectivity index (χ4v) is 3.20. The molecule has 1 aromatic carbocycles. The van der Waals surface area contributed by atoms with E-state index in [4.69, 9.17) is 5.21 Å². The van der Waals surface area contributed by atoms with E-state index in [1.54, 1.807) is 11.7 Å². The molecule has 3 aromatic rings. The number of nitrogens with zero attached hydrogens (tertiary/aromatic N) is 3. The monoisotopic (exact) mass is 326 g/mol. The highest BCUT2D eigenvalue weighted by atomic mass is 16.5. The molecule has 0 atom stereocenters. The molecule has 0 aliphatic heterocycles. The molecular formula is C18H22N4O2. The number of benzene rings is 1. The van der Waals surface area contributed by atoms with Crippen LogP contribution in [0.5, 0.6) is 0 Å². The minimum Gasteiger partial charge on any atom is -0.327 e. The molecule has 0 radical (unpaired) electrons. The fraction of sp³-hybridized carbons (Fsp3) is 0.333. The zero-order valence-corrected chi connectivity index (χ0v) is 13.8. The molecule has 0 saturated carbocycles. The molecule has 0 spiro atoms. The molecule has 0 fully saturated rings. The van der Waals surface area contributed by atoms with Gasteiger partial charge in [-0.05, 0) is 31.4 Å². The quantitative estimate of drug-likeness (QED) is 0.398. The Morgan fingerprint density at radius 1 is 1.25 bits per heavy atom. The van der Waals surface area contributed by atoms with E-state index < -0.39 is 0 Å². The number of unbranched alkanes of at least 4 members (excludes halogenated alkanes) is 2. The molecule has 2 N–H and O–H groups in total. The molecule has 0 saturated heterocycles. The number of rotatable bonds is 7. The Hall–Kier alpha value is -2.60. The van der Waals surface area contributed by atoms with Crippen molar-refractivity contribution in [3.63, 3.8) is 0 Å². The van der Waals surface area contributed by atoms with Crippen LogP contribution in [0.2, 0.25) is 0 Å². The summed E-state index contributed by atoms with van der Waals surface area (Å²) < 4.78 is 4.37. The van der Waals surface area contributed by atoms with Crippen LogP contribution < -0.4 is 5.48 Å². The summed E-state index contributed by atoms with van der Waals surface area (Å²) in [5.74, 6) is 0.818. The van der Waals surface area contributed by atoms with Crippen molar-refractivity contribution in [2.75, 3.05) is 0 Å². The highest BCUT2D eigenvalue weighted by molar-refractivity contribution is 5.87. The summed E-state index contributed by atoms with van der Waals surface area (Å²) in [7, 11) is 0. The summed E-state index contributed by atoms with van der Waals surface area (Å²) in [6, 6.07) is 8.40. The number of nitrogens with one attached hydrogen (secondary N) is 1. The fourth-order valence-electron chi connectivity index (χ4n) is 3.20. The molecule has 6 nitrogen and oxygen atoms in total. The molecule has 2 aromatic heterocycles. The molecule has 24 heavy (non-hydrogen) atoms. The van der Waals surface area contributed by atoms with Gasteiger partial charge in [-0.3, -0.25) is 14.6 Å². The third kappa shape index (κ3) is 3.19. The highest BCUT2D eigenvalue weighted by Gasteiger charge is 2.14. The molecule has 2 heterocycles. The molecule has 0 bridgehead atoms. The van der Waals surface area contributed by atoms with Gasteiger partial charge in [-0.1, -0.05) is 24.6 Å². The van der Waals surface area contributed by atoms with Crippen molar-refractivity contribution >= 4 is 16.8 Å². The number of imidazole rings is 1. The second kappa shape index (κ2) is 7.31. The van der Waals surface area contributed by atoms with Crippen molar-refractivity contribution in [3.05, 3.63) is 48.5 Å². The zero-order valence-electron chi connectivity index (χ0n) is 13.8. The lowest BCUT2D eigenvalue weighted by Crippen LogP contribution is -2.17. The van der Waals surface area contributed by atoms with Gasteiger partial charge in [0.25, 0.3) is 0 Å². The standard InChI is InChI=1S/C18H22N4O2/c1-14-15-7-4-5-8-16(15)22(18(14)21-12-10-19-13-21)11-6-2-3-9-17(23)20-24/h4-5,7-8,10,12-13,24H,2-3,6,9,11H2,1H3,(H,20,23). The summed E-state index contributed by atoms with van der Waals surface area (Å²) in [4.78, 5) is 15.2. The van der Waals surface area contributed by atoms with Gasteiger partial charge in [-0.25, -0.2) is 10.5 Å². The van der Waals surface area contributed by atoms with E-state index >= 15 is 0 Å². The topological polar surface area (TPSA) is 72.1 Å². The smallest absolute Gasteiger partial charge is 0.243 e. The largest absolute Gasteiger partial charge is 0.327 e. The van der Waals surface area contributed by atoms with Crippen molar-refractivity contribution in [3.8, 4) is 5.82 Å². The van der Waals surface area contributed by atoms with Crippen molar-refractivity contribution in [2.45, 2.75) is 39.2 Å². The number of hydrogen-bond acceptors (Lipinski definition) is 3. The number of hydroxylamine groups is 1. The lowest BCUT2D eigenvalue weighted by atomic mass is 10.2. The second-order valence-electron chi connectivity index (χ2n) is 5.93. The summed E-state index contributed by atoms with van der Waals surface area (Å²) >= 11 is 0. The van der Waals surface area contributed by atoms with Crippen LogP contribution in [0.25, 0.3) is 16.7 Å². The van der Waals surface area contributed by atoms with E-state index in [0.717, 1.165) is 31.6 Å². The van der Waals surface area contributed by atoms with Crippen LogP contribution in [-0.2, 0) is 11.3 Å². The molecule has 0 unspecified atom stereocenters. The maximum Gasteiger partial charge on any atom is 0.243 e. The van der Waals surface area contributed by atoms with E-state index in [1.165, 1.54) is 16.5 Å². The number of para-hydroxylation sites is 1. The van der Waals surface area contributed by atoms with Crippen LogP contribution in [0.3, 0.4) is 0 Å². The normalized spacial score (nSPS) is 11.1. The summed E-state index contributed by atoms with van der Waals surface area (Å²) in [6.45, 7) is 3.02. The maximum atomic E-state index is 11.1. The van der Waals surface area contributed by atoms with Gasteiger partial charge in [0, 0.05) is 36.3 Å². The summed E-state index contributed by atoms with van der Waals surface area (Å²) in [6.07, 6.45) is 8.60. The Labute approximate surface area is 140 Å². The average molecular weight is 326 g/mol. The van der Waals surface area contributed by atoms with Crippen LogP contribution in [0.1, 0.15) is 31.2 Å². The van der Waals surface area contributed by atoms with Crippen molar-refractivity contribution in [2.24, 2.45) is 0 Å². The Morgan fingerprint density at radius 3 is 2.83 bits per heavy atom. The summed E-state index contributed by atoms with van der Waals surface area (Å²) in [5, 5.41) is 9.77. The van der Waals surface area contributed by atoms with Crippen LogP contribution >= 0.6 is 0 Å². The lowest BCUT2D eigenvalue weighted by molar-refractivity contribution is -0.129. The molecule has 1 amide bonds. The Bertz CT molecular complexity index is 821. The van der Waals surface area contributed by atoms with Crippen molar-refractivity contribution in [1.82, 2.24) is 19.6 Å². The van der Waals surface area contributed by atoms with Gasteiger partial charge >= 0.3 is 0 Å². The van der Waals surface area contributed by atoms with Gasteiger partial charge in [0.2, 0.25) is 5.91 Å². The molecular weight excluding hydrogens is 304 g/mol. The molecule has 3 rings (SSSR count). The van der Waals surface area contributed by atoms with Crippen molar-refractivity contribution < 1.29 is 10.0 Å². The molecule has 126 valence electrons. The second-order valence-corrected chi connectivity index (χ2v) is 5.93. The first kappa shape index (κ1) is 16.3. The minimum atomic E-state index is -0.323. The number of carbonyl (C=O) groups excluding carboxylic acids is 1. The number of amides is 1. The van der Waals surface area contributed by atoms with Crippen LogP contribution in [0.4, 0.5) is 0 Å². The van der Waals surface area contributed by atoms with Gasteiger partial charge in [-0.2, -0.15) is 0 Å². The van der Waals surface area contributed by atoms with E-state index in [9.17, 15) is 4.79 Å². The predicted octanol–water partition coefficient (Wildman–Crippen LogP) is 3.20. The number of aryl methyl sites for hydroxylation is 2. The van der Waals surface area contributed by atoms with Crippen LogP contribution in [0, 0.1) is 6.92 Å². The van der Waals surface area contributed by atoms with Gasteiger partial charge < -0.3 is 4.57 Å². The lowest BCUT2D eigenvalue weighted by Gasteiger charge is -2.12. The highest BCUT2D eigenvalue weighted by Crippen LogP contribution is 2.28. The van der Waals surface area contributed by atoms with E-state index in [2.05, 4.69) is 45.3 Å². The minimum absolute atomic E-state index is 0.323. The van der Waals surface area contributed by atoms with Gasteiger partial charge in [0.1, 0.15) is 12.1 Å². The molecule has 6 heteroatoms. The average Bonchev–Trinajstić information content (AvgIpc) is 3.22. The predicted molar refractivity (Wildman–Crippen MR) is 92.2 cm³/mol. The van der Waals surface area contributed by atoms with Crippen LogP contribution in [-0.4, -0.2) is 25.2 Å².